The Labute approximate surface area is 144 Å². The Bertz CT molecular complexity index is 867. The molecule has 2 aromatic heterocycles. The fourth-order valence-electron chi connectivity index (χ4n) is 2.94. The number of nitrogens with zero attached hydrogens (tertiary/aromatic N) is 4. The summed E-state index contributed by atoms with van der Waals surface area (Å²) in [6, 6.07) is 10.1. The molecule has 4 rings (SSSR count). The zero-order chi connectivity index (χ0) is 16.5. The fraction of sp³-hybridized carbons (Fsp3) is 0.353. The molecular formula is C17H17ClN4O2. The van der Waals surface area contributed by atoms with Crippen LogP contribution in [-0.4, -0.2) is 39.7 Å². The van der Waals surface area contributed by atoms with Crippen LogP contribution in [0.1, 0.15) is 23.4 Å². The molecule has 1 atom stereocenters. The molecule has 0 radical (unpaired) electrons. The van der Waals surface area contributed by atoms with Crippen molar-refractivity contribution in [2.75, 3.05) is 19.7 Å². The van der Waals surface area contributed by atoms with Crippen LogP contribution in [0, 0.1) is 6.92 Å². The van der Waals surface area contributed by atoms with E-state index in [0.29, 0.717) is 36.6 Å². The third-order valence-electron chi connectivity index (χ3n) is 4.13. The lowest BCUT2D eigenvalue weighted by atomic mass is 10.1. The minimum Gasteiger partial charge on any atom is -0.367 e. The van der Waals surface area contributed by atoms with Gasteiger partial charge in [0.15, 0.2) is 0 Å². The normalized spacial score (nSPS) is 19.0. The number of para-hydroxylation sites is 1. The standard InChI is InChI=1S/C17H17ClN4O2/c1-11-19-17(21-24-11)15-10-22(6-7-23-15)9-13-8-12-4-2-3-5-14(12)20-16(13)18/h2-5,8,15H,6-7,9-10H2,1H3/t15-/m0/s1. The van der Waals surface area contributed by atoms with E-state index in [-0.39, 0.29) is 6.10 Å². The summed E-state index contributed by atoms with van der Waals surface area (Å²) in [5, 5.41) is 5.60. The van der Waals surface area contributed by atoms with Crippen molar-refractivity contribution in [3.05, 3.63) is 52.8 Å². The van der Waals surface area contributed by atoms with Gasteiger partial charge in [0.25, 0.3) is 0 Å². The van der Waals surface area contributed by atoms with Crippen molar-refractivity contribution in [3.8, 4) is 0 Å². The van der Waals surface area contributed by atoms with Crippen LogP contribution in [-0.2, 0) is 11.3 Å². The third kappa shape index (κ3) is 3.13. The smallest absolute Gasteiger partial charge is 0.223 e. The van der Waals surface area contributed by atoms with Crippen molar-refractivity contribution in [2.24, 2.45) is 0 Å². The van der Waals surface area contributed by atoms with Crippen molar-refractivity contribution in [3.63, 3.8) is 0 Å². The van der Waals surface area contributed by atoms with E-state index in [9.17, 15) is 0 Å². The molecule has 1 aliphatic rings. The quantitative estimate of drug-likeness (QED) is 0.680. The first kappa shape index (κ1) is 15.5. The lowest BCUT2D eigenvalue weighted by Crippen LogP contribution is -2.38. The van der Waals surface area contributed by atoms with E-state index in [1.165, 1.54) is 0 Å². The second kappa shape index (κ2) is 6.47. The number of halogens is 1. The van der Waals surface area contributed by atoms with Crippen molar-refractivity contribution in [1.82, 2.24) is 20.0 Å². The van der Waals surface area contributed by atoms with Gasteiger partial charge in [0.05, 0.1) is 12.1 Å². The minimum atomic E-state index is -0.177. The van der Waals surface area contributed by atoms with Gasteiger partial charge in [0.2, 0.25) is 11.7 Å². The maximum Gasteiger partial charge on any atom is 0.223 e. The largest absolute Gasteiger partial charge is 0.367 e. The van der Waals surface area contributed by atoms with Gasteiger partial charge >= 0.3 is 0 Å². The first-order chi connectivity index (χ1) is 11.7. The molecule has 0 aliphatic carbocycles. The number of ether oxygens (including phenoxy) is 1. The maximum absolute atomic E-state index is 6.37. The minimum absolute atomic E-state index is 0.177. The Morgan fingerprint density at radius 1 is 1.29 bits per heavy atom. The van der Waals surface area contributed by atoms with Gasteiger partial charge in [-0.1, -0.05) is 35.0 Å². The Kier molecular flexibility index (Phi) is 4.18. The van der Waals surface area contributed by atoms with E-state index in [0.717, 1.165) is 23.0 Å². The number of morpholine rings is 1. The van der Waals surface area contributed by atoms with E-state index in [1.54, 1.807) is 6.92 Å². The van der Waals surface area contributed by atoms with E-state index < -0.39 is 0 Å². The molecule has 124 valence electrons. The molecular weight excluding hydrogens is 328 g/mol. The summed E-state index contributed by atoms with van der Waals surface area (Å²) in [5.41, 5.74) is 1.92. The zero-order valence-electron chi connectivity index (χ0n) is 13.3. The van der Waals surface area contributed by atoms with Crippen molar-refractivity contribution in [2.45, 2.75) is 19.6 Å². The molecule has 1 saturated heterocycles. The molecule has 0 amide bonds. The average Bonchev–Trinajstić information content (AvgIpc) is 3.02. The van der Waals surface area contributed by atoms with E-state index >= 15 is 0 Å². The van der Waals surface area contributed by atoms with Gasteiger partial charge in [-0.15, -0.1) is 0 Å². The summed E-state index contributed by atoms with van der Waals surface area (Å²) >= 11 is 6.37. The third-order valence-corrected chi connectivity index (χ3v) is 4.45. The number of hydrogen-bond acceptors (Lipinski definition) is 6. The first-order valence-electron chi connectivity index (χ1n) is 7.87. The Morgan fingerprint density at radius 2 is 2.17 bits per heavy atom. The molecule has 7 heteroatoms. The molecule has 0 spiro atoms. The summed E-state index contributed by atoms with van der Waals surface area (Å²) < 4.78 is 10.8. The van der Waals surface area contributed by atoms with Gasteiger partial charge in [0, 0.05) is 37.5 Å². The van der Waals surface area contributed by atoms with E-state index in [2.05, 4.69) is 26.1 Å². The van der Waals surface area contributed by atoms with Gasteiger partial charge in [-0.2, -0.15) is 4.98 Å². The van der Waals surface area contributed by atoms with E-state index in [4.69, 9.17) is 20.9 Å². The maximum atomic E-state index is 6.37. The van der Waals surface area contributed by atoms with Crippen LogP contribution in [0.15, 0.2) is 34.9 Å². The monoisotopic (exact) mass is 344 g/mol. The highest BCUT2D eigenvalue weighted by molar-refractivity contribution is 6.30. The van der Waals surface area contributed by atoms with Gasteiger partial charge in [-0.3, -0.25) is 4.90 Å². The number of aromatic nitrogens is 3. The summed E-state index contributed by atoms with van der Waals surface area (Å²) in [6.45, 7) is 4.64. The number of benzene rings is 1. The SMILES string of the molecule is Cc1nc([C@@H]2CN(Cc3cc4ccccc4nc3Cl)CCO2)no1. The predicted molar refractivity (Wildman–Crippen MR) is 89.8 cm³/mol. The number of hydrogen-bond donors (Lipinski definition) is 0. The molecule has 3 heterocycles. The first-order valence-corrected chi connectivity index (χ1v) is 8.25. The summed E-state index contributed by atoms with van der Waals surface area (Å²) in [5.74, 6) is 1.15. The van der Waals surface area contributed by atoms with E-state index in [1.807, 2.05) is 24.3 Å². The molecule has 3 aromatic rings. The summed E-state index contributed by atoms with van der Waals surface area (Å²) in [4.78, 5) is 11.0. The Balaban J connectivity index is 1.53. The number of fused-ring (bicyclic) bond motifs is 1. The summed E-state index contributed by atoms with van der Waals surface area (Å²) in [7, 11) is 0. The number of rotatable bonds is 3. The highest BCUT2D eigenvalue weighted by atomic mass is 35.5. The molecule has 0 unspecified atom stereocenters. The second-order valence-corrected chi connectivity index (χ2v) is 6.26. The molecule has 0 N–H and O–H groups in total. The highest BCUT2D eigenvalue weighted by Crippen LogP contribution is 2.25. The molecule has 0 bridgehead atoms. The topological polar surface area (TPSA) is 64.3 Å². The van der Waals surface area contributed by atoms with Crippen LogP contribution in [0.3, 0.4) is 0 Å². The van der Waals surface area contributed by atoms with Crippen LogP contribution in [0.5, 0.6) is 0 Å². The van der Waals surface area contributed by atoms with Gasteiger partial charge in [0.1, 0.15) is 11.3 Å². The van der Waals surface area contributed by atoms with Crippen molar-refractivity contribution >= 4 is 22.5 Å². The lowest BCUT2D eigenvalue weighted by Gasteiger charge is -2.31. The highest BCUT2D eigenvalue weighted by Gasteiger charge is 2.26. The number of pyridine rings is 1. The van der Waals surface area contributed by atoms with Crippen LogP contribution < -0.4 is 0 Å². The van der Waals surface area contributed by atoms with Crippen LogP contribution in [0.25, 0.3) is 10.9 Å². The lowest BCUT2D eigenvalue weighted by molar-refractivity contribution is -0.0380. The number of aryl methyl sites for hydroxylation is 1. The van der Waals surface area contributed by atoms with Crippen molar-refractivity contribution in [1.29, 1.82) is 0 Å². The molecule has 6 nitrogen and oxygen atoms in total. The molecule has 0 saturated carbocycles. The van der Waals surface area contributed by atoms with Gasteiger partial charge < -0.3 is 9.26 Å². The van der Waals surface area contributed by atoms with Crippen molar-refractivity contribution < 1.29 is 9.26 Å². The fourth-order valence-corrected chi connectivity index (χ4v) is 3.14. The molecule has 1 aliphatic heterocycles. The Hall–Kier alpha value is -2.02. The predicted octanol–water partition coefficient (Wildman–Crippen LogP) is 3.15. The zero-order valence-corrected chi connectivity index (χ0v) is 14.0. The van der Waals surface area contributed by atoms with Crippen LogP contribution in [0.4, 0.5) is 0 Å². The average molecular weight is 345 g/mol. The molecule has 1 aromatic carbocycles. The van der Waals surface area contributed by atoms with Gasteiger partial charge in [-0.05, 0) is 12.1 Å². The van der Waals surface area contributed by atoms with Gasteiger partial charge in [-0.25, -0.2) is 4.98 Å². The van der Waals surface area contributed by atoms with Crippen LogP contribution >= 0.6 is 11.6 Å². The molecule has 24 heavy (non-hydrogen) atoms. The summed E-state index contributed by atoms with van der Waals surface area (Å²) in [6.07, 6.45) is -0.177. The van der Waals surface area contributed by atoms with Crippen LogP contribution in [0.2, 0.25) is 5.15 Å². The second-order valence-electron chi connectivity index (χ2n) is 5.90. The Morgan fingerprint density at radius 3 is 3.00 bits per heavy atom. The molecule has 1 fully saturated rings.